The monoisotopic (exact) mass is 354 g/mol. The third-order valence-corrected chi connectivity index (χ3v) is 4.20. The third-order valence-electron chi connectivity index (χ3n) is 4.20. The molecule has 0 spiro atoms. The highest BCUT2D eigenvalue weighted by atomic mass is 16.5. The number of methoxy groups -OCH3 is 2. The fourth-order valence-corrected chi connectivity index (χ4v) is 2.86. The van der Waals surface area contributed by atoms with Crippen LogP contribution in [0.5, 0.6) is 11.5 Å². The van der Waals surface area contributed by atoms with Crippen molar-refractivity contribution < 1.29 is 23.9 Å². The van der Waals surface area contributed by atoms with Gasteiger partial charge in [-0.1, -0.05) is 24.3 Å². The average molecular weight is 354 g/mol. The van der Waals surface area contributed by atoms with Gasteiger partial charge >= 0.3 is 6.03 Å². The molecular weight excluding hydrogens is 336 g/mol. The highest BCUT2D eigenvalue weighted by molar-refractivity contribution is 6.27. The molecule has 1 fully saturated rings. The first-order valence-corrected chi connectivity index (χ1v) is 8.00. The topological polar surface area (TPSA) is 84.9 Å². The van der Waals surface area contributed by atoms with Crippen LogP contribution in [0, 0.1) is 5.92 Å². The fourth-order valence-electron chi connectivity index (χ4n) is 2.86. The molecule has 0 radical (unpaired) electrons. The molecular formula is C19H18N2O5. The normalized spacial score (nSPS) is 17.1. The number of carbonyl (C=O) groups is 3. The number of nitrogens with one attached hydrogen (secondary N) is 1. The van der Waals surface area contributed by atoms with Crippen molar-refractivity contribution in [3.8, 4) is 11.5 Å². The molecule has 26 heavy (non-hydrogen) atoms. The van der Waals surface area contributed by atoms with Crippen molar-refractivity contribution in [2.75, 3.05) is 19.1 Å². The minimum absolute atomic E-state index is 0.106. The quantitative estimate of drug-likeness (QED) is 0.832. The molecule has 4 amide bonds. The first kappa shape index (κ1) is 17.5. The second-order valence-electron chi connectivity index (χ2n) is 5.74. The summed E-state index contributed by atoms with van der Waals surface area (Å²) < 4.78 is 10.5. The van der Waals surface area contributed by atoms with Crippen LogP contribution >= 0.6 is 0 Å². The number of nitrogens with zero attached hydrogens (tertiary/aromatic N) is 1. The molecule has 1 N–H and O–H groups in total. The minimum atomic E-state index is -1.03. The van der Waals surface area contributed by atoms with Crippen LogP contribution in [0.4, 0.5) is 10.5 Å². The van der Waals surface area contributed by atoms with E-state index >= 15 is 0 Å². The summed E-state index contributed by atoms with van der Waals surface area (Å²) in [5.74, 6) is -1.11. The molecule has 7 heteroatoms. The van der Waals surface area contributed by atoms with Gasteiger partial charge in [-0.3, -0.25) is 14.9 Å². The molecule has 2 aromatic rings. The smallest absolute Gasteiger partial charge is 0.335 e. The summed E-state index contributed by atoms with van der Waals surface area (Å²) in [6.45, 7) is 0. The number of ether oxygens (including phenoxy) is 2. The van der Waals surface area contributed by atoms with Gasteiger partial charge in [-0.05, 0) is 30.2 Å². The Labute approximate surface area is 150 Å². The molecule has 0 saturated carbocycles. The molecule has 2 aromatic carbocycles. The number of amides is 4. The van der Waals surface area contributed by atoms with Gasteiger partial charge in [-0.2, -0.15) is 0 Å². The van der Waals surface area contributed by atoms with Crippen molar-refractivity contribution >= 4 is 23.5 Å². The van der Waals surface area contributed by atoms with E-state index in [0.29, 0.717) is 22.7 Å². The number of anilines is 1. The van der Waals surface area contributed by atoms with E-state index in [-0.39, 0.29) is 6.42 Å². The van der Waals surface area contributed by atoms with Crippen LogP contribution in [-0.2, 0) is 16.0 Å². The number of barbiturate groups is 1. The molecule has 134 valence electrons. The molecule has 0 bridgehead atoms. The number of hydrogen-bond donors (Lipinski definition) is 1. The number of rotatable bonds is 5. The van der Waals surface area contributed by atoms with Crippen LogP contribution in [0.15, 0.2) is 48.5 Å². The van der Waals surface area contributed by atoms with Crippen LogP contribution in [0.1, 0.15) is 5.56 Å². The van der Waals surface area contributed by atoms with E-state index in [2.05, 4.69) is 5.32 Å². The first-order valence-electron chi connectivity index (χ1n) is 8.00. The Kier molecular flexibility index (Phi) is 4.88. The maximum absolute atomic E-state index is 12.9. The van der Waals surface area contributed by atoms with Gasteiger partial charge in [0.15, 0.2) is 0 Å². The summed E-state index contributed by atoms with van der Waals surface area (Å²) in [6.07, 6.45) is 0.106. The summed E-state index contributed by atoms with van der Waals surface area (Å²) in [5, 5.41) is 2.25. The number of para-hydroxylation sites is 1. The van der Waals surface area contributed by atoms with Gasteiger partial charge in [0.05, 0.1) is 19.9 Å². The largest absolute Gasteiger partial charge is 0.497 e. The SMILES string of the molecule is COc1ccc(C[C@@H]2C(=O)NC(=O)N(c3ccccc3)C2=O)c(OC)c1. The molecule has 1 aliphatic rings. The Morgan fingerprint density at radius 3 is 2.38 bits per heavy atom. The Hall–Kier alpha value is -3.35. The summed E-state index contributed by atoms with van der Waals surface area (Å²) >= 11 is 0. The number of hydrogen-bond acceptors (Lipinski definition) is 5. The van der Waals surface area contributed by atoms with Crippen LogP contribution in [0.25, 0.3) is 0 Å². The van der Waals surface area contributed by atoms with Crippen LogP contribution in [-0.4, -0.2) is 32.1 Å². The maximum atomic E-state index is 12.9. The number of carbonyl (C=O) groups excluding carboxylic acids is 3. The minimum Gasteiger partial charge on any atom is -0.497 e. The Morgan fingerprint density at radius 1 is 1.00 bits per heavy atom. The zero-order valence-electron chi connectivity index (χ0n) is 14.4. The summed E-state index contributed by atoms with van der Waals surface area (Å²) in [5.41, 5.74) is 1.08. The predicted molar refractivity (Wildman–Crippen MR) is 94.2 cm³/mol. The molecule has 1 atom stereocenters. The molecule has 0 unspecified atom stereocenters. The molecule has 1 aliphatic heterocycles. The van der Waals surface area contributed by atoms with E-state index in [9.17, 15) is 14.4 Å². The predicted octanol–water partition coefficient (Wildman–Crippen LogP) is 2.15. The second kappa shape index (κ2) is 7.26. The zero-order chi connectivity index (χ0) is 18.7. The van der Waals surface area contributed by atoms with Crippen LogP contribution in [0.3, 0.4) is 0 Å². The zero-order valence-corrected chi connectivity index (χ0v) is 14.4. The molecule has 3 rings (SSSR count). The lowest BCUT2D eigenvalue weighted by molar-refractivity contribution is -0.134. The maximum Gasteiger partial charge on any atom is 0.335 e. The van der Waals surface area contributed by atoms with Gasteiger partial charge in [0.25, 0.3) is 0 Å². The number of imide groups is 2. The van der Waals surface area contributed by atoms with Crippen LogP contribution < -0.4 is 19.7 Å². The van der Waals surface area contributed by atoms with E-state index in [0.717, 1.165) is 4.90 Å². The lowest BCUT2D eigenvalue weighted by Gasteiger charge is -2.30. The van der Waals surface area contributed by atoms with E-state index in [1.54, 1.807) is 48.5 Å². The molecule has 7 nitrogen and oxygen atoms in total. The summed E-state index contributed by atoms with van der Waals surface area (Å²) in [7, 11) is 3.04. The van der Waals surface area contributed by atoms with E-state index in [1.165, 1.54) is 14.2 Å². The Bertz CT molecular complexity index is 850. The van der Waals surface area contributed by atoms with Gasteiger partial charge in [0, 0.05) is 6.07 Å². The third kappa shape index (κ3) is 3.23. The average Bonchev–Trinajstić information content (AvgIpc) is 2.65. The van der Waals surface area contributed by atoms with Crippen molar-refractivity contribution in [1.82, 2.24) is 5.32 Å². The second-order valence-corrected chi connectivity index (χ2v) is 5.74. The van der Waals surface area contributed by atoms with E-state index in [1.807, 2.05) is 0 Å². The van der Waals surface area contributed by atoms with Gasteiger partial charge in [0.1, 0.15) is 17.4 Å². The van der Waals surface area contributed by atoms with Gasteiger partial charge < -0.3 is 9.47 Å². The lowest BCUT2D eigenvalue weighted by atomic mass is 9.94. The van der Waals surface area contributed by atoms with Crippen LogP contribution in [0.2, 0.25) is 0 Å². The lowest BCUT2D eigenvalue weighted by Crippen LogP contribution is -2.58. The van der Waals surface area contributed by atoms with Gasteiger partial charge in [-0.15, -0.1) is 0 Å². The van der Waals surface area contributed by atoms with E-state index in [4.69, 9.17) is 9.47 Å². The molecule has 1 heterocycles. The standard InChI is InChI=1S/C19H18N2O5/c1-25-14-9-8-12(16(11-14)26-2)10-15-17(22)20-19(24)21(18(15)23)13-6-4-3-5-7-13/h3-9,11,15H,10H2,1-2H3,(H,20,22,24)/t15-/m1/s1. The van der Waals surface area contributed by atoms with Crippen molar-refractivity contribution in [2.45, 2.75) is 6.42 Å². The summed E-state index contributed by atoms with van der Waals surface area (Å²) in [4.78, 5) is 38.3. The van der Waals surface area contributed by atoms with Crippen molar-refractivity contribution in [2.24, 2.45) is 5.92 Å². The van der Waals surface area contributed by atoms with Gasteiger partial charge in [-0.25, -0.2) is 9.69 Å². The molecule has 0 aliphatic carbocycles. The van der Waals surface area contributed by atoms with Crippen molar-refractivity contribution in [1.29, 1.82) is 0 Å². The summed E-state index contributed by atoms with van der Waals surface area (Å²) in [6, 6.07) is 12.9. The highest BCUT2D eigenvalue weighted by Gasteiger charge is 2.41. The number of benzene rings is 2. The Morgan fingerprint density at radius 2 is 1.73 bits per heavy atom. The highest BCUT2D eigenvalue weighted by Crippen LogP contribution is 2.29. The van der Waals surface area contributed by atoms with Gasteiger partial charge in [0.2, 0.25) is 11.8 Å². The van der Waals surface area contributed by atoms with Crippen molar-refractivity contribution in [3.05, 3.63) is 54.1 Å². The fraction of sp³-hybridized carbons (Fsp3) is 0.211. The molecule has 1 saturated heterocycles. The molecule has 0 aromatic heterocycles. The number of urea groups is 1. The van der Waals surface area contributed by atoms with E-state index < -0.39 is 23.8 Å². The Balaban J connectivity index is 1.91. The van der Waals surface area contributed by atoms with Crippen molar-refractivity contribution in [3.63, 3.8) is 0 Å². The first-order chi connectivity index (χ1) is 12.5.